The first-order valence-corrected chi connectivity index (χ1v) is 15.1. The van der Waals surface area contributed by atoms with Crippen LogP contribution >= 0.6 is 0 Å². The van der Waals surface area contributed by atoms with Crippen molar-refractivity contribution in [3.05, 3.63) is 53.7 Å². The van der Waals surface area contributed by atoms with Crippen LogP contribution in [-0.4, -0.2) is 16.1 Å². The first kappa shape index (κ1) is 16.2. The van der Waals surface area contributed by atoms with Crippen LogP contribution < -0.4 is 0 Å². The number of hydrogen-bond acceptors (Lipinski definition) is 0. The molecular formula is C19H28Si2. The maximum atomic E-state index is 2.62. The molecule has 0 aromatic heterocycles. The molecule has 0 aliphatic carbocycles. The number of rotatable bonds is 4. The number of fused-ring (bicyclic) bond motifs is 1. The van der Waals surface area contributed by atoms with Crippen molar-refractivity contribution in [2.45, 2.75) is 45.3 Å². The van der Waals surface area contributed by atoms with Crippen LogP contribution in [0.2, 0.25) is 45.3 Å². The van der Waals surface area contributed by atoms with Gasteiger partial charge in [-0.15, -0.1) is 0 Å². The SMILES string of the molecule is C[Si](C)(C)/C=C(\C[Si](C)(C)C)c1cccc2ccccc12. The fourth-order valence-electron chi connectivity index (χ4n) is 2.82. The van der Waals surface area contributed by atoms with Gasteiger partial charge in [0.2, 0.25) is 0 Å². The highest BCUT2D eigenvalue weighted by atomic mass is 28.3. The van der Waals surface area contributed by atoms with Crippen molar-refractivity contribution in [1.29, 1.82) is 0 Å². The number of hydrogen-bond donors (Lipinski definition) is 0. The predicted octanol–water partition coefficient (Wildman–Crippen LogP) is 6.44. The molecule has 0 spiro atoms. The molecule has 0 amide bonds. The Kier molecular flexibility index (Phi) is 4.59. The molecule has 0 aliphatic heterocycles. The maximum Gasteiger partial charge on any atom is 0.0690 e. The Labute approximate surface area is 131 Å². The van der Waals surface area contributed by atoms with E-state index in [0.717, 1.165) is 0 Å². The molecule has 0 N–H and O–H groups in total. The lowest BCUT2D eigenvalue weighted by atomic mass is 10.0. The second-order valence-corrected chi connectivity index (χ2v) is 18.8. The standard InChI is InChI=1S/C19H28Si2/c1-20(2,3)14-17(15-21(4,5)6)19-13-9-11-16-10-7-8-12-18(16)19/h7-14H,15H2,1-6H3/b17-14+. The lowest BCUT2D eigenvalue weighted by Gasteiger charge is -2.23. The molecule has 0 atom stereocenters. The minimum atomic E-state index is -1.23. The van der Waals surface area contributed by atoms with Gasteiger partial charge in [-0.2, -0.15) is 0 Å². The van der Waals surface area contributed by atoms with Gasteiger partial charge < -0.3 is 0 Å². The second kappa shape index (κ2) is 5.94. The third-order valence-electron chi connectivity index (χ3n) is 3.46. The van der Waals surface area contributed by atoms with Crippen LogP contribution in [0.15, 0.2) is 48.2 Å². The van der Waals surface area contributed by atoms with Gasteiger partial charge in [0.1, 0.15) is 0 Å². The molecule has 2 heteroatoms. The van der Waals surface area contributed by atoms with E-state index in [-0.39, 0.29) is 0 Å². The highest BCUT2D eigenvalue weighted by Gasteiger charge is 2.20. The van der Waals surface area contributed by atoms with Gasteiger partial charge in [-0.05, 0) is 22.4 Å². The minimum absolute atomic E-state index is 1.14. The molecule has 0 saturated heterocycles. The van der Waals surface area contributed by atoms with Gasteiger partial charge in [0.05, 0.1) is 8.07 Å². The summed E-state index contributed by atoms with van der Waals surface area (Å²) in [7, 11) is -2.37. The van der Waals surface area contributed by atoms with E-state index in [2.05, 4.69) is 87.4 Å². The number of benzene rings is 2. The summed E-state index contributed by atoms with van der Waals surface area (Å²) >= 11 is 0. The van der Waals surface area contributed by atoms with E-state index in [0.29, 0.717) is 0 Å². The maximum absolute atomic E-state index is 2.62. The van der Waals surface area contributed by atoms with Gasteiger partial charge in [0.25, 0.3) is 0 Å². The largest absolute Gasteiger partial charge is 0.0915 e. The van der Waals surface area contributed by atoms with Crippen LogP contribution in [0, 0.1) is 0 Å². The van der Waals surface area contributed by atoms with E-state index in [4.69, 9.17) is 0 Å². The molecule has 2 aromatic rings. The van der Waals surface area contributed by atoms with E-state index in [9.17, 15) is 0 Å². The average molecular weight is 313 g/mol. The second-order valence-electron chi connectivity index (χ2n) is 8.30. The zero-order valence-corrected chi connectivity index (χ0v) is 16.3. The van der Waals surface area contributed by atoms with Crippen molar-refractivity contribution in [3.63, 3.8) is 0 Å². The van der Waals surface area contributed by atoms with Crippen LogP contribution in [0.25, 0.3) is 16.3 Å². The zero-order chi connectivity index (χ0) is 15.7. The highest BCUT2D eigenvalue weighted by molar-refractivity contribution is 6.83. The molecule has 112 valence electrons. The summed E-state index contributed by atoms with van der Waals surface area (Å²) < 4.78 is 0. The van der Waals surface area contributed by atoms with Crippen molar-refractivity contribution in [2.24, 2.45) is 0 Å². The molecule has 0 radical (unpaired) electrons. The summed E-state index contributed by atoms with van der Waals surface area (Å²) in [6.45, 7) is 14.7. The zero-order valence-electron chi connectivity index (χ0n) is 14.3. The van der Waals surface area contributed by atoms with Gasteiger partial charge >= 0.3 is 0 Å². The third-order valence-corrected chi connectivity index (χ3v) is 6.12. The van der Waals surface area contributed by atoms with Crippen LogP contribution in [0.3, 0.4) is 0 Å². The first-order chi connectivity index (χ1) is 9.66. The molecule has 0 saturated carbocycles. The van der Waals surface area contributed by atoms with Crippen LogP contribution in [0.1, 0.15) is 5.56 Å². The summed E-state index contributed by atoms with van der Waals surface area (Å²) in [4.78, 5) is 0. The fourth-order valence-corrected chi connectivity index (χ4v) is 5.77. The summed E-state index contributed by atoms with van der Waals surface area (Å²) in [5.41, 5.74) is 5.66. The smallest absolute Gasteiger partial charge is 0.0690 e. The molecule has 0 nitrogen and oxygen atoms in total. The Morgan fingerprint density at radius 2 is 1.48 bits per heavy atom. The van der Waals surface area contributed by atoms with Gasteiger partial charge in [-0.1, -0.05) is 93.0 Å². The van der Waals surface area contributed by atoms with E-state index in [1.807, 2.05) is 0 Å². The molecule has 0 fully saturated rings. The van der Waals surface area contributed by atoms with E-state index >= 15 is 0 Å². The first-order valence-electron chi connectivity index (χ1n) is 7.86. The Morgan fingerprint density at radius 1 is 0.857 bits per heavy atom. The molecule has 0 heterocycles. The predicted molar refractivity (Wildman–Crippen MR) is 103 cm³/mol. The van der Waals surface area contributed by atoms with Gasteiger partial charge in [-0.25, -0.2) is 0 Å². The third kappa shape index (κ3) is 4.68. The van der Waals surface area contributed by atoms with E-state index in [1.54, 1.807) is 5.57 Å². The molecule has 2 aromatic carbocycles. The van der Waals surface area contributed by atoms with Crippen molar-refractivity contribution in [3.8, 4) is 0 Å². The summed E-state index contributed by atoms with van der Waals surface area (Å²) in [6, 6.07) is 16.8. The monoisotopic (exact) mass is 312 g/mol. The van der Waals surface area contributed by atoms with Gasteiger partial charge in [0.15, 0.2) is 0 Å². The summed E-state index contributed by atoms with van der Waals surface area (Å²) in [5, 5.41) is 2.76. The summed E-state index contributed by atoms with van der Waals surface area (Å²) in [5.74, 6) is 0. The Balaban J connectivity index is 2.62. The van der Waals surface area contributed by atoms with Gasteiger partial charge in [-0.3, -0.25) is 0 Å². The van der Waals surface area contributed by atoms with E-state index in [1.165, 1.54) is 22.4 Å². The van der Waals surface area contributed by atoms with Crippen molar-refractivity contribution in [1.82, 2.24) is 0 Å². The minimum Gasteiger partial charge on any atom is -0.0915 e. The normalized spacial score (nSPS) is 13.7. The van der Waals surface area contributed by atoms with Crippen molar-refractivity contribution < 1.29 is 0 Å². The Hall–Kier alpha value is -1.13. The Bertz CT molecular complexity index is 650. The summed E-state index contributed by atoms with van der Waals surface area (Å²) in [6.07, 6.45) is 0. The molecule has 0 unspecified atom stereocenters. The number of allylic oxidation sites excluding steroid dienone is 1. The van der Waals surface area contributed by atoms with Crippen molar-refractivity contribution >= 4 is 32.5 Å². The van der Waals surface area contributed by atoms with Gasteiger partial charge in [0, 0.05) is 8.07 Å². The fraction of sp³-hybridized carbons (Fsp3) is 0.368. The quantitative estimate of drug-likeness (QED) is 0.570. The topological polar surface area (TPSA) is 0 Å². The average Bonchev–Trinajstić information content (AvgIpc) is 2.34. The van der Waals surface area contributed by atoms with Crippen LogP contribution in [0.5, 0.6) is 0 Å². The van der Waals surface area contributed by atoms with Crippen LogP contribution in [-0.2, 0) is 0 Å². The molecular weight excluding hydrogens is 284 g/mol. The van der Waals surface area contributed by atoms with Crippen LogP contribution in [0.4, 0.5) is 0 Å². The van der Waals surface area contributed by atoms with Crippen molar-refractivity contribution in [2.75, 3.05) is 0 Å². The molecule has 0 bridgehead atoms. The molecule has 2 rings (SSSR count). The molecule has 21 heavy (non-hydrogen) atoms. The highest BCUT2D eigenvalue weighted by Crippen LogP contribution is 2.32. The lowest BCUT2D eigenvalue weighted by Crippen LogP contribution is -2.22. The lowest BCUT2D eigenvalue weighted by molar-refractivity contribution is 1.50. The Morgan fingerprint density at radius 3 is 2.10 bits per heavy atom. The molecule has 0 aliphatic rings. The van der Waals surface area contributed by atoms with E-state index < -0.39 is 16.1 Å².